The molecule has 1 aromatic carbocycles. The number of ether oxygens (including phenoxy) is 1. The number of nitrogens with one attached hydrogen (secondary N) is 2. The summed E-state index contributed by atoms with van der Waals surface area (Å²) in [6.45, 7) is 3.53. The van der Waals surface area contributed by atoms with Crippen molar-refractivity contribution in [3.8, 4) is 0 Å². The van der Waals surface area contributed by atoms with Gasteiger partial charge in [-0.3, -0.25) is 10.1 Å². The molecule has 1 aromatic rings. The summed E-state index contributed by atoms with van der Waals surface area (Å²) >= 11 is 0. The van der Waals surface area contributed by atoms with E-state index in [-0.39, 0.29) is 16.7 Å². The second-order valence-corrected chi connectivity index (χ2v) is 4.77. The minimum Gasteiger partial charge on any atom is -0.382 e. The summed E-state index contributed by atoms with van der Waals surface area (Å²) in [6.07, 6.45) is 0.994. The Morgan fingerprint density at radius 2 is 2.21 bits per heavy atom. The first-order valence-electron chi connectivity index (χ1n) is 6.43. The van der Waals surface area contributed by atoms with Gasteiger partial charge in [0.05, 0.1) is 11.5 Å². The average molecular weight is 265 g/mol. The molecule has 2 atom stereocenters. The quantitative estimate of drug-likeness (QED) is 0.631. The largest absolute Gasteiger partial charge is 0.382 e. The molecule has 6 heteroatoms. The molecule has 1 aliphatic rings. The molecule has 0 spiro atoms. The predicted octanol–water partition coefficient (Wildman–Crippen LogP) is 2.47. The first-order chi connectivity index (χ1) is 9.13. The molecule has 6 nitrogen and oxygen atoms in total. The molecule has 0 aliphatic carbocycles. The van der Waals surface area contributed by atoms with Gasteiger partial charge in [-0.2, -0.15) is 0 Å². The molecule has 2 unspecified atom stereocenters. The molecular formula is C13H19N3O3. The summed E-state index contributed by atoms with van der Waals surface area (Å²) in [5.74, 6) is 0.401. The van der Waals surface area contributed by atoms with Crippen molar-refractivity contribution in [1.29, 1.82) is 0 Å². The fourth-order valence-electron chi connectivity index (χ4n) is 2.37. The van der Waals surface area contributed by atoms with Crippen LogP contribution in [0.5, 0.6) is 0 Å². The molecule has 1 heterocycles. The SMILES string of the molecule is CNc1cccc(NC(C)C2CCOC2)c1[N+](=O)[O-]. The zero-order chi connectivity index (χ0) is 13.8. The molecule has 0 radical (unpaired) electrons. The van der Waals surface area contributed by atoms with E-state index in [1.54, 1.807) is 25.2 Å². The molecule has 1 aliphatic heterocycles. The van der Waals surface area contributed by atoms with Gasteiger partial charge in [-0.05, 0) is 25.5 Å². The highest BCUT2D eigenvalue weighted by Gasteiger charge is 2.25. The van der Waals surface area contributed by atoms with Crippen LogP contribution in [-0.2, 0) is 4.74 Å². The number of anilines is 2. The van der Waals surface area contributed by atoms with Crippen LogP contribution in [0.3, 0.4) is 0 Å². The normalized spacial score (nSPS) is 20.0. The second kappa shape index (κ2) is 5.88. The Bertz CT molecular complexity index is 458. The summed E-state index contributed by atoms with van der Waals surface area (Å²) < 4.78 is 5.35. The third-order valence-corrected chi connectivity index (χ3v) is 3.54. The fourth-order valence-corrected chi connectivity index (χ4v) is 2.37. The van der Waals surface area contributed by atoms with E-state index >= 15 is 0 Å². The molecule has 19 heavy (non-hydrogen) atoms. The van der Waals surface area contributed by atoms with E-state index in [9.17, 15) is 10.1 Å². The van der Waals surface area contributed by atoms with Crippen molar-refractivity contribution in [2.24, 2.45) is 5.92 Å². The Balaban J connectivity index is 2.21. The van der Waals surface area contributed by atoms with Crippen molar-refractivity contribution >= 4 is 17.1 Å². The molecule has 2 N–H and O–H groups in total. The zero-order valence-corrected chi connectivity index (χ0v) is 11.2. The number of para-hydroxylation sites is 1. The minimum absolute atomic E-state index is 0.0933. The van der Waals surface area contributed by atoms with E-state index < -0.39 is 0 Å². The third kappa shape index (κ3) is 2.96. The van der Waals surface area contributed by atoms with Gasteiger partial charge in [0.2, 0.25) is 0 Å². The van der Waals surface area contributed by atoms with Crippen LogP contribution in [0.25, 0.3) is 0 Å². The van der Waals surface area contributed by atoms with Crippen LogP contribution in [0.15, 0.2) is 18.2 Å². The maximum Gasteiger partial charge on any atom is 0.315 e. The van der Waals surface area contributed by atoms with Gasteiger partial charge >= 0.3 is 5.69 Å². The van der Waals surface area contributed by atoms with Crippen LogP contribution < -0.4 is 10.6 Å². The molecule has 0 saturated carbocycles. The Labute approximate surface area is 112 Å². The van der Waals surface area contributed by atoms with Gasteiger partial charge in [0.1, 0.15) is 11.4 Å². The number of nitro groups is 1. The summed E-state index contributed by atoms with van der Waals surface area (Å²) in [6, 6.07) is 5.39. The molecule has 0 aromatic heterocycles. The lowest BCUT2D eigenvalue weighted by molar-refractivity contribution is -0.383. The lowest BCUT2D eigenvalue weighted by Crippen LogP contribution is -2.26. The standard InChI is InChI=1S/C13H19N3O3/c1-9(10-6-7-19-8-10)15-12-5-3-4-11(14-2)13(12)16(17)18/h3-5,9-10,14-15H,6-8H2,1-2H3. The van der Waals surface area contributed by atoms with Gasteiger partial charge in [-0.25, -0.2) is 0 Å². The van der Waals surface area contributed by atoms with E-state index in [0.717, 1.165) is 13.0 Å². The maximum atomic E-state index is 11.2. The van der Waals surface area contributed by atoms with Gasteiger partial charge < -0.3 is 15.4 Å². The predicted molar refractivity (Wildman–Crippen MR) is 74.7 cm³/mol. The van der Waals surface area contributed by atoms with Crippen LogP contribution in [0.2, 0.25) is 0 Å². The van der Waals surface area contributed by atoms with E-state index in [2.05, 4.69) is 10.6 Å². The van der Waals surface area contributed by atoms with Crippen LogP contribution in [0, 0.1) is 16.0 Å². The number of nitro benzene ring substituents is 1. The Morgan fingerprint density at radius 3 is 2.79 bits per heavy atom. The van der Waals surface area contributed by atoms with Crippen LogP contribution >= 0.6 is 0 Å². The number of hydrogen-bond donors (Lipinski definition) is 2. The molecule has 1 fully saturated rings. The van der Waals surface area contributed by atoms with Crippen molar-refractivity contribution in [3.05, 3.63) is 28.3 Å². The van der Waals surface area contributed by atoms with Gasteiger partial charge in [0.25, 0.3) is 0 Å². The summed E-state index contributed by atoms with van der Waals surface area (Å²) in [4.78, 5) is 10.8. The molecule has 104 valence electrons. The molecule has 2 rings (SSSR count). The molecular weight excluding hydrogens is 246 g/mol. The minimum atomic E-state index is -0.355. The van der Waals surface area contributed by atoms with Gasteiger partial charge in [0, 0.05) is 25.6 Å². The van der Waals surface area contributed by atoms with Crippen molar-refractivity contribution in [2.45, 2.75) is 19.4 Å². The molecule has 1 saturated heterocycles. The van der Waals surface area contributed by atoms with Crippen LogP contribution in [-0.4, -0.2) is 31.2 Å². The number of hydrogen-bond acceptors (Lipinski definition) is 5. The highest BCUT2D eigenvalue weighted by atomic mass is 16.6. The second-order valence-electron chi connectivity index (χ2n) is 4.77. The van der Waals surface area contributed by atoms with E-state index in [1.165, 1.54) is 0 Å². The van der Waals surface area contributed by atoms with Crippen molar-refractivity contribution in [2.75, 3.05) is 30.9 Å². The fraction of sp³-hybridized carbons (Fsp3) is 0.538. The van der Waals surface area contributed by atoms with Crippen LogP contribution in [0.1, 0.15) is 13.3 Å². The molecule has 0 bridgehead atoms. The monoisotopic (exact) mass is 265 g/mol. The summed E-state index contributed by atoms with van der Waals surface area (Å²) in [5, 5.41) is 17.3. The van der Waals surface area contributed by atoms with E-state index in [0.29, 0.717) is 23.9 Å². The number of rotatable bonds is 5. The first kappa shape index (κ1) is 13.6. The third-order valence-electron chi connectivity index (χ3n) is 3.54. The zero-order valence-electron chi connectivity index (χ0n) is 11.2. The highest BCUT2D eigenvalue weighted by Crippen LogP contribution is 2.33. The lowest BCUT2D eigenvalue weighted by atomic mass is 10.0. The van der Waals surface area contributed by atoms with Gasteiger partial charge in [-0.15, -0.1) is 0 Å². The van der Waals surface area contributed by atoms with E-state index in [4.69, 9.17) is 4.74 Å². The Hall–Kier alpha value is -1.82. The average Bonchev–Trinajstić information content (AvgIpc) is 2.92. The Morgan fingerprint density at radius 1 is 1.47 bits per heavy atom. The van der Waals surface area contributed by atoms with Gasteiger partial charge in [-0.1, -0.05) is 6.07 Å². The smallest absolute Gasteiger partial charge is 0.315 e. The van der Waals surface area contributed by atoms with E-state index in [1.807, 2.05) is 6.92 Å². The van der Waals surface area contributed by atoms with Crippen LogP contribution in [0.4, 0.5) is 17.1 Å². The maximum absolute atomic E-state index is 11.2. The number of benzene rings is 1. The lowest BCUT2D eigenvalue weighted by Gasteiger charge is -2.20. The summed E-state index contributed by atoms with van der Waals surface area (Å²) in [5.41, 5.74) is 1.16. The topological polar surface area (TPSA) is 76.4 Å². The van der Waals surface area contributed by atoms with Crippen molar-refractivity contribution < 1.29 is 9.66 Å². The van der Waals surface area contributed by atoms with Gasteiger partial charge in [0.15, 0.2) is 0 Å². The summed E-state index contributed by atoms with van der Waals surface area (Å²) in [7, 11) is 1.68. The van der Waals surface area contributed by atoms with Crippen molar-refractivity contribution in [3.63, 3.8) is 0 Å². The first-order valence-corrected chi connectivity index (χ1v) is 6.43. The Kier molecular flexibility index (Phi) is 4.21. The highest BCUT2D eigenvalue weighted by molar-refractivity contribution is 5.76. The molecule has 0 amide bonds. The number of nitrogens with zero attached hydrogens (tertiary/aromatic N) is 1. The van der Waals surface area contributed by atoms with Crippen molar-refractivity contribution in [1.82, 2.24) is 0 Å².